The highest BCUT2D eigenvalue weighted by molar-refractivity contribution is 5.99. The van der Waals surface area contributed by atoms with Crippen molar-refractivity contribution in [2.45, 2.75) is 78.4 Å². The number of carbonyl (C=O) groups excluding carboxylic acids is 5. The smallest absolute Gasteiger partial charge is 0.407 e. The minimum absolute atomic E-state index is 0.0340. The van der Waals surface area contributed by atoms with Crippen LogP contribution in [0.25, 0.3) is 0 Å². The highest BCUT2D eigenvalue weighted by atomic mass is 16.6. The lowest BCUT2D eigenvalue weighted by Crippen LogP contribution is -2.54. The maximum absolute atomic E-state index is 13.4. The number of ether oxygens (including phenoxy) is 4. The predicted molar refractivity (Wildman–Crippen MR) is 169 cm³/mol. The van der Waals surface area contributed by atoms with E-state index in [1.807, 2.05) is 0 Å². The summed E-state index contributed by atoms with van der Waals surface area (Å²) >= 11 is 0. The molecule has 0 heterocycles. The number of aliphatic hydroxyl groups is 1. The molecule has 0 saturated heterocycles. The molecule has 0 spiro atoms. The summed E-state index contributed by atoms with van der Waals surface area (Å²) in [7, 11) is 1.22. The third-order valence-electron chi connectivity index (χ3n) is 6.02. The topological polar surface area (TPSA) is 229 Å². The Hall–Kier alpha value is -3.99. The Labute approximate surface area is 269 Å². The van der Waals surface area contributed by atoms with Crippen molar-refractivity contribution in [3.05, 3.63) is 23.8 Å². The van der Waals surface area contributed by atoms with Crippen LogP contribution in [0.2, 0.25) is 0 Å². The zero-order valence-corrected chi connectivity index (χ0v) is 27.7. The molecule has 0 aliphatic heterocycles. The van der Waals surface area contributed by atoms with E-state index in [-0.39, 0.29) is 62.2 Å². The lowest BCUT2D eigenvalue weighted by molar-refractivity contribution is -0.131. The summed E-state index contributed by atoms with van der Waals surface area (Å²) in [6, 6.07) is 2.45. The Balaban J connectivity index is 2.94. The molecule has 1 aromatic carbocycles. The number of aliphatic hydroxyl groups excluding tert-OH is 1. The maximum atomic E-state index is 13.4. The summed E-state index contributed by atoms with van der Waals surface area (Å²) in [6.07, 6.45) is -1.26. The number of amides is 4. The van der Waals surface area contributed by atoms with E-state index in [0.29, 0.717) is 6.42 Å². The van der Waals surface area contributed by atoms with Crippen LogP contribution in [0.1, 0.15) is 64.7 Å². The molecule has 0 saturated carbocycles. The summed E-state index contributed by atoms with van der Waals surface area (Å²) < 4.78 is 21.2. The van der Waals surface area contributed by atoms with Gasteiger partial charge in [0.25, 0.3) is 0 Å². The SMILES string of the molecule is COC(=O)c1ccc(NC(=O)[C@H](CCCNC(N)O)NC(=O)[C@@H](NC(C)=O)C(C)C)cc1OCCOCCNC(=O)OC(C)(C)C. The van der Waals surface area contributed by atoms with E-state index >= 15 is 0 Å². The quantitative estimate of drug-likeness (QED) is 0.0617. The Morgan fingerprint density at radius 2 is 1.67 bits per heavy atom. The van der Waals surface area contributed by atoms with Crippen LogP contribution in [0, 0.1) is 5.92 Å². The van der Waals surface area contributed by atoms with Gasteiger partial charge in [0.15, 0.2) is 6.35 Å². The Bertz CT molecular complexity index is 1160. The molecule has 4 amide bonds. The summed E-state index contributed by atoms with van der Waals surface area (Å²) in [5.41, 5.74) is 5.07. The number of esters is 1. The Morgan fingerprint density at radius 3 is 2.26 bits per heavy atom. The average Bonchev–Trinajstić information content (AvgIpc) is 2.95. The van der Waals surface area contributed by atoms with Crippen molar-refractivity contribution < 1.29 is 48.0 Å². The fourth-order valence-electron chi connectivity index (χ4n) is 3.92. The molecule has 0 bridgehead atoms. The first-order valence-corrected chi connectivity index (χ1v) is 15.0. The molecular formula is C30H50N6O10. The van der Waals surface area contributed by atoms with Gasteiger partial charge < -0.3 is 45.3 Å². The summed E-state index contributed by atoms with van der Waals surface area (Å²) in [6.45, 7) is 10.9. The molecule has 16 nitrogen and oxygen atoms in total. The Kier molecular flexibility index (Phi) is 17.6. The van der Waals surface area contributed by atoms with Gasteiger partial charge in [-0.3, -0.25) is 25.4 Å². The lowest BCUT2D eigenvalue weighted by atomic mass is 10.0. The molecule has 46 heavy (non-hydrogen) atoms. The maximum Gasteiger partial charge on any atom is 0.407 e. The van der Waals surface area contributed by atoms with E-state index in [4.69, 9.17) is 24.7 Å². The third kappa shape index (κ3) is 16.4. The molecule has 0 aliphatic rings. The van der Waals surface area contributed by atoms with Crippen LogP contribution in [-0.2, 0) is 28.6 Å². The van der Waals surface area contributed by atoms with Gasteiger partial charge in [0.1, 0.15) is 35.6 Å². The van der Waals surface area contributed by atoms with E-state index in [9.17, 15) is 29.1 Å². The number of nitrogens with one attached hydrogen (secondary N) is 5. The van der Waals surface area contributed by atoms with Crippen LogP contribution >= 0.6 is 0 Å². The molecule has 1 rings (SSSR count). The van der Waals surface area contributed by atoms with Crippen molar-refractivity contribution in [2.24, 2.45) is 11.7 Å². The highest BCUT2D eigenvalue weighted by Crippen LogP contribution is 2.25. The summed E-state index contributed by atoms with van der Waals surface area (Å²) in [5.74, 6) is -2.29. The molecule has 3 atom stereocenters. The number of hydrogen-bond acceptors (Lipinski definition) is 12. The van der Waals surface area contributed by atoms with E-state index in [1.54, 1.807) is 34.6 Å². The normalized spacial score (nSPS) is 13.2. The first-order chi connectivity index (χ1) is 21.5. The number of carbonyl (C=O) groups is 5. The standard InChI is InChI=1S/C30H50N6O10/c1-18(2)24(34-19(3)37)26(39)36-22(9-8-12-32-28(31)41)25(38)35-20-10-11-21(27(40)43-7)23(17-20)45-16-15-44-14-13-33-29(42)46-30(4,5)6/h10-11,17-18,22,24,28,32,41H,8-9,12-16,31H2,1-7H3,(H,33,42)(H,34,37)(H,35,38)(H,36,39)/t22-,24-,28?/m0/s1. The zero-order chi connectivity index (χ0) is 34.9. The first-order valence-electron chi connectivity index (χ1n) is 15.0. The number of nitrogens with two attached hydrogens (primary N) is 1. The minimum atomic E-state index is -1.24. The number of rotatable bonds is 19. The number of hydrogen-bond donors (Lipinski definition) is 7. The van der Waals surface area contributed by atoms with Crippen LogP contribution in [0.15, 0.2) is 18.2 Å². The average molecular weight is 655 g/mol. The monoisotopic (exact) mass is 654 g/mol. The second-order valence-electron chi connectivity index (χ2n) is 11.6. The third-order valence-corrected chi connectivity index (χ3v) is 6.02. The van der Waals surface area contributed by atoms with E-state index < -0.39 is 53.8 Å². The van der Waals surface area contributed by atoms with E-state index in [0.717, 1.165) is 0 Å². The van der Waals surface area contributed by atoms with E-state index in [1.165, 1.54) is 32.2 Å². The van der Waals surface area contributed by atoms with Gasteiger partial charge in [0, 0.05) is 25.2 Å². The van der Waals surface area contributed by atoms with Gasteiger partial charge in [-0.2, -0.15) is 0 Å². The van der Waals surface area contributed by atoms with Gasteiger partial charge in [-0.25, -0.2) is 9.59 Å². The van der Waals surface area contributed by atoms with E-state index in [2.05, 4.69) is 26.6 Å². The van der Waals surface area contributed by atoms with Crippen LogP contribution in [-0.4, -0.2) is 98.9 Å². The van der Waals surface area contributed by atoms with Gasteiger partial charge in [-0.05, 0) is 58.2 Å². The second-order valence-corrected chi connectivity index (χ2v) is 11.6. The molecule has 1 unspecified atom stereocenters. The van der Waals surface area contributed by atoms with Gasteiger partial charge in [0.2, 0.25) is 17.7 Å². The molecule has 0 aliphatic carbocycles. The first kappa shape index (κ1) is 40.0. The molecule has 260 valence electrons. The molecule has 0 fully saturated rings. The van der Waals surface area contributed by atoms with Crippen molar-refractivity contribution in [1.29, 1.82) is 0 Å². The molecule has 8 N–H and O–H groups in total. The lowest BCUT2D eigenvalue weighted by Gasteiger charge is -2.25. The van der Waals surface area contributed by atoms with Crippen molar-refractivity contribution in [3.8, 4) is 5.75 Å². The molecule has 1 aromatic rings. The van der Waals surface area contributed by atoms with Crippen LogP contribution in [0.5, 0.6) is 5.75 Å². The molecule has 16 heteroatoms. The van der Waals surface area contributed by atoms with Gasteiger partial charge in [-0.15, -0.1) is 0 Å². The Morgan fingerprint density at radius 1 is 0.978 bits per heavy atom. The van der Waals surface area contributed by atoms with Crippen LogP contribution < -0.4 is 37.1 Å². The fraction of sp³-hybridized carbons (Fsp3) is 0.633. The van der Waals surface area contributed by atoms with Crippen molar-refractivity contribution >= 4 is 35.5 Å². The largest absolute Gasteiger partial charge is 0.490 e. The zero-order valence-electron chi connectivity index (χ0n) is 27.7. The second kappa shape index (κ2) is 20.2. The highest BCUT2D eigenvalue weighted by Gasteiger charge is 2.28. The van der Waals surface area contributed by atoms with Crippen molar-refractivity contribution in [2.75, 3.05) is 45.3 Å². The summed E-state index contributed by atoms with van der Waals surface area (Å²) in [5, 5.41) is 22.5. The predicted octanol–water partition coefficient (Wildman–Crippen LogP) is 0.582. The molecular weight excluding hydrogens is 604 g/mol. The summed E-state index contributed by atoms with van der Waals surface area (Å²) in [4.78, 5) is 62.1. The van der Waals surface area contributed by atoms with Crippen LogP contribution in [0.4, 0.5) is 10.5 Å². The number of benzene rings is 1. The fourth-order valence-corrected chi connectivity index (χ4v) is 3.92. The van der Waals surface area contributed by atoms with Gasteiger partial charge >= 0.3 is 12.1 Å². The van der Waals surface area contributed by atoms with Gasteiger partial charge in [-0.1, -0.05) is 13.8 Å². The van der Waals surface area contributed by atoms with Crippen molar-refractivity contribution in [1.82, 2.24) is 21.3 Å². The number of methoxy groups -OCH3 is 1. The molecule has 0 radical (unpaired) electrons. The number of alkyl carbamates (subject to hydrolysis) is 1. The van der Waals surface area contributed by atoms with Crippen molar-refractivity contribution in [3.63, 3.8) is 0 Å². The van der Waals surface area contributed by atoms with Gasteiger partial charge in [0.05, 0.1) is 20.3 Å². The minimum Gasteiger partial charge on any atom is -0.490 e. The molecule has 0 aromatic heterocycles. The van der Waals surface area contributed by atoms with Crippen LogP contribution in [0.3, 0.4) is 0 Å². The number of anilines is 1.